The van der Waals surface area contributed by atoms with Crippen molar-refractivity contribution in [2.24, 2.45) is 5.92 Å². The van der Waals surface area contributed by atoms with Crippen molar-refractivity contribution in [1.29, 1.82) is 0 Å². The SMILES string of the molecule is COc1ccc(CCC(C)NC(=O)C[C@@H]2CCC[C@H]2NC(=O)OC(C)(C)C)cc1. The van der Waals surface area contributed by atoms with Gasteiger partial charge >= 0.3 is 6.09 Å². The fourth-order valence-electron chi connectivity index (χ4n) is 3.75. The third-order valence-corrected chi connectivity index (χ3v) is 5.24. The lowest BCUT2D eigenvalue weighted by molar-refractivity contribution is -0.122. The lowest BCUT2D eigenvalue weighted by Crippen LogP contribution is -2.42. The smallest absolute Gasteiger partial charge is 0.407 e. The minimum Gasteiger partial charge on any atom is -0.497 e. The molecule has 1 unspecified atom stereocenters. The number of carbonyl (C=O) groups excluding carboxylic acids is 2. The molecule has 2 rings (SSSR count). The van der Waals surface area contributed by atoms with Crippen LogP contribution < -0.4 is 15.4 Å². The number of rotatable bonds is 8. The monoisotopic (exact) mass is 404 g/mol. The topological polar surface area (TPSA) is 76.7 Å². The van der Waals surface area contributed by atoms with E-state index in [0.29, 0.717) is 6.42 Å². The summed E-state index contributed by atoms with van der Waals surface area (Å²) in [6, 6.07) is 8.12. The van der Waals surface area contributed by atoms with Crippen LogP contribution in [-0.4, -0.2) is 36.8 Å². The number of alkyl carbamates (subject to hydrolysis) is 1. The Morgan fingerprint density at radius 1 is 1.17 bits per heavy atom. The number of aryl methyl sites for hydroxylation is 1. The number of amides is 2. The molecule has 1 saturated carbocycles. The van der Waals surface area contributed by atoms with E-state index >= 15 is 0 Å². The zero-order chi connectivity index (χ0) is 21.4. The highest BCUT2D eigenvalue weighted by Crippen LogP contribution is 2.29. The van der Waals surface area contributed by atoms with Crippen molar-refractivity contribution in [2.45, 2.75) is 83.9 Å². The van der Waals surface area contributed by atoms with Crippen LogP contribution in [0.2, 0.25) is 0 Å². The average molecular weight is 405 g/mol. The van der Waals surface area contributed by atoms with E-state index in [0.717, 1.165) is 37.9 Å². The zero-order valence-electron chi connectivity index (χ0n) is 18.4. The van der Waals surface area contributed by atoms with E-state index in [1.165, 1.54) is 5.56 Å². The summed E-state index contributed by atoms with van der Waals surface area (Å²) in [4.78, 5) is 24.5. The highest BCUT2D eigenvalue weighted by Gasteiger charge is 2.31. The molecule has 1 aromatic carbocycles. The molecule has 1 aliphatic carbocycles. The predicted molar refractivity (Wildman–Crippen MR) is 114 cm³/mol. The van der Waals surface area contributed by atoms with E-state index in [2.05, 4.69) is 22.8 Å². The van der Waals surface area contributed by atoms with Gasteiger partial charge in [-0.25, -0.2) is 4.79 Å². The van der Waals surface area contributed by atoms with Gasteiger partial charge in [0.1, 0.15) is 11.4 Å². The molecule has 0 aliphatic heterocycles. The molecule has 2 N–H and O–H groups in total. The summed E-state index contributed by atoms with van der Waals surface area (Å²) in [5, 5.41) is 6.05. The van der Waals surface area contributed by atoms with Crippen molar-refractivity contribution in [3.8, 4) is 5.75 Å². The maximum atomic E-state index is 12.5. The highest BCUT2D eigenvalue weighted by molar-refractivity contribution is 5.76. The second kappa shape index (κ2) is 10.5. The molecular formula is C23H36N2O4. The molecule has 162 valence electrons. The van der Waals surface area contributed by atoms with Gasteiger partial charge in [0.25, 0.3) is 0 Å². The van der Waals surface area contributed by atoms with Crippen LogP contribution >= 0.6 is 0 Å². The second-order valence-corrected chi connectivity index (χ2v) is 9.00. The first kappa shape index (κ1) is 23.0. The first-order valence-electron chi connectivity index (χ1n) is 10.6. The van der Waals surface area contributed by atoms with Crippen molar-refractivity contribution in [3.63, 3.8) is 0 Å². The molecule has 0 heterocycles. The van der Waals surface area contributed by atoms with Crippen molar-refractivity contribution < 1.29 is 19.1 Å². The lowest BCUT2D eigenvalue weighted by atomic mass is 9.98. The van der Waals surface area contributed by atoms with Crippen LogP contribution in [-0.2, 0) is 16.0 Å². The summed E-state index contributed by atoms with van der Waals surface area (Å²) in [7, 11) is 1.66. The van der Waals surface area contributed by atoms with Gasteiger partial charge in [0, 0.05) is 18.5 Å². The van der Waals surface area contributed by atoms with E-state index in [1.807, 2.05) is 39.8 Å². The number of benzene rings is 1. The van der Waals surface area contributed by atoms with Crippen LogP contribution in [0.3, 0.4) is 0 Å². The van der Waals surface area contributed by atoms with Crippen LogP contribution in [0.5, 0.6) is 5.75 Å². The minimum atomic E-state index is -0.519. The first-order valence-corrected chi connectivity index (χ1v) is 10.6. The summed E-state index contributed by atoms with van der Waals surface area (Å²) >= 11 is 0. The molecule has 29 heavy (non-hydrogen) atoms. The first-order chi connectivity index (χ1) is 13.7. The van der Waals surface area contributed by atoms with Gasteiger partial charge in [-0.2, -0.15) is 0 Å². The van der Waals surface area contributed by atoms with Gasteiger partial charge < -0.3 is 20.1 Å². The number of nitrogens with one attached hydrogen (secondary N) is 2. The van der Waals surface area contributed by atoms with Crippen LogP contribution in [0.15, 0.2) is 24.3 Å². The molecule has 1 fully saturated rings. The van der Waals surface area contributed by atoms with Crippen LogP contribution in [0, 0.1) is 5.92 Å². The molecular weight excluding hydrogens is 368 g/mol. The Morgan fingerprint density at radius 2 is 1.86 bits per heavy atom. The van der Waals surface area contributed by atoms with E-state index in [1.54, 1.807) is 7.11 Å². The summed E-state index contributed by atoms with van der Waals surface area (Å²) in [6.07, 6.45) is 4.68. The van der Waals surface area contributed by atoms with Gasteiger partial charge in [0.05, 0.1) is 7.11 Å². The van der Waals surface area contributed by atoms with Crippen molar-refractivity contribution in [2.75, 3.05) is 7.11 Å². The standard InChI is InChI=1S/C23H36N2O4/c1-16(9-10-17-11-13-19(28-5)14-12-17)24-21(26)15-18-7-6-8-20(18)25-22(27)29-23(2,3)4/h11-14,16,18,20H,6-10,15H2,1-5H3,(H,24,26)(H,25,27)/t16?,18-,20+/m0/s1. The fourth-order valence-corrected chi connectivity index (χ4v) is 3.75. The van der Waals surface area contributed by atoms with Crippen molar-refractivity contribution in [3.05, 3.63) is 29.8 Å². The normalized spacial score (nSPS) is 20.0. The fraction of sp³-hybridized carbons (Fsp3) is 0.652. The molecule has 6 heteroatoms. The Kier molecular flexibility index (Phi) is 8.35. The van der Waals surface area contributed by atoms with Crippen molar-refractivity contribution >= 4 is 12.0 Å². The molecule has 0 saturated heterocycles. The summed E-state index contributed by atoms with van der Waals surface area (Å²) < 4.78 is 10.5. The third-order valence-electron chi connectivity index (χ3n) is 5.24. The van der Waals surface area contributed by atoms with E-state index < -0.39 is 11.7 Å². The van der Waals surface area contributed by atoms with Gasteiger partial charge in [-0.1, -0.05) is 18.6 Å². The van der Waals surface area contributed by atoms with E-state index in [9.17, 15) is 9.59 Å². The zero-order valence-corrected chi connectivity index (χ0v) is 18.4. The Hall–Kier alpha value is -2.24. The highest BCUT2D eigenvalue weighted by atomic mass is 16.6. The lowest BCUT2D eigenvalue weighted by Gasteiger charge is -2.25. The number of hydrogen-bond acceptors (Lipinski definition) is 4. The number of ether oxygens (including phenoxy) is 2. The van der Waals surface area contributed by atoms with Gasteiger partial charge in [0.15, 0.2) is 0 Å². The molecule has 3 atom stereocenters. The van der Waals surface area contributed by atoms with E-state index in [-0.39, 0.29) is 23.9 Å². The van der Waals surface area contributed by atoms with Gasteiger partial charge in [-0.05, 0) is 77.0 Å². The number of carbonyl (C=O) groups is 2. The van der Waals surface area contributed by atoms with Crippen molar-refractivity contribution in [1.82, 2.24) is 10.6 Å². The minimum absolute atomic E-state index is 0.00482. The summed E-state index contributed by atoms with van der Waals surface area (Å²) in [5.74, 6) is 1.06. The van der Waals surface area contributed by atoms with Gasteiger partial charge in [-0.3, -0.25) is 4.79 Å². The van der Waals surface area contributed by atoms with Crippen LogP contribution in [0.1, 0.15) is 65.4 Å². The Morgan fingerprint density at radius 3 is 2.48 bits per heavy atom. The Labute approximate surface area is 174 Å². The number of hydrogen-bond donors (Lipinski definition) is 2. The van der Waals surface area contributed by atoms with E-state index in [4.69, 9.17) is 9.47 Å². The molecule has 6 nitrogen and oxygen atoms in total. The average Bonchev–Trinajstić information content (AvgIpc) is 3.05. The molecule has 0 radical (unpaired) electrons. The van der Waals surface area contributed by atoms with Gasteiger partial charge in [-0.15, -0.1) is 0 Å². The molecule has 0 aromatic heterocycles. The van der Waals surface area contributed by atoms with Crippen LogP contribution in [0.25, 0.3) is 0 Å². The van der Waals surface area contributed by atoms with Crippen LogP contribution in [0.4, 0.5) is 4.79 Å². The molecule has 2 amide bonds. The maximum Gasteiger partial charge on any atom is 0.407 e. The molecule has 1 aromatic rings. The summed E-state index contributed by atoms with van der Waals surface area (Å²) in [5.41, 5.74) is 0.707. The van der Waals surface area contributed by atoms with Gasteiger partial charge in [0.2, 0.25) is 5.91 Å². The third kappa shape index (κ3) is 8.34. The summed E-state index contributed by atoms with van der Waals surface area (Å²) in [6.45, 7) is 7.57. The Balaban J connectivity index is 1.74. The predicted octanol–water partition coefficient (Wildman–Crippen LogP) is 4.22. The maximum absolute atomic E-state index is 12.5. The molecule has 0 bridgehead atoms. The molecule has 0 spiro atoms. The molecule has 1 aliphatic rings. The quantitative estimate of drug-likeness (QED) is 0.680. The Bertz CT molecular complexity index is 666. The second-order valence-electron chi connectivity index (χ2n) is 9.00. The number of methoxy groups -OCH3 is 1. The largest absolute Gasteiger partial charge is 0.497 e.